The minimum atomic E-state index is -1.40. The van der Waals surface area contributed by atoms with Gasteiger partial charge in [-0.1, -0.05) is 0 Å². The number of benzene rings is 2. The van der Waals surface area contributed by atoms with Crippen molar-refractivity contribution in [2.75, 3.05) is 7.11 Å². The van der Waals surface area contributed by atoms with E-state index in [4.69, 9.17) is 15.2 Å². The zero-order valence-corrected chi connectivity index (χ0v) is 21.2. The van der Waals surface area contributed by atoms with Gasteiger partial charge in [-0.2, -0.15) is 0 Å². The van der Waals surface area contributed by atoms with Gasteiger partial charge in [0, 0.05) is 23.1 Å². The van der Waals surface area contributed by atoms with E-state index in [1.807, 2.05) is 19.9 Å². The maximum absolute atomic E-state index is 13.5. The standard InChI is InChI=1S/C29H33FN2O4/c1-28(2,31)20-16-23(18-5-8-21(30)9-6-18)32-27(17-20)29(3,34)14-13-24(33)19-7-12-25(26(15-19)35-4)36-22-10-11-22/h5-9,12,15-17,22,34H,10-11,13-14,31H2,1-4H3. The van der Waals surface area contributed by atoms with Crippen LogP contribution in [0.15, 0.2) is 54.6 Å². The number of ketones is 1. The molecule has 0 bridgehead atoms. The number of carbonyl (C=O) groups is 1. The molecule has 1 aromatic heterocycles. The monoisotopic (exact) mass is 492 g/mol. The fourth-order valence-electron chi connectivity index (χ4n) is 3.88. The maximum Gasteiger partial charge on any atom is 0.163 e. The van der Waals surface area contributed by atoms with E-state index < -0.39 is 11.1 Å². The minimum Gasteiger partial charge on any atom is -0.493 e. The Kier molecular flexibility index (Phi) is 7.16. The van der Waals surface area contributed by atoms with Gasteiger partial charge in [0.05, 0.1) is 24.6 Å². The van der Waals surface area contributed by atoms with Crippen molar-refractivity contribution in [2.45, 2.75) is 63.7 Å². The fraction of sp³-hybridized carbons (Fsp3) is 0.379. The molecule has 0 saturated heterocycles. The van der Waals surface area contributed by atoms with Gasteiger partial charge in [-0.25, -0.2) is 9.37 Å². The van der Waals surface area contributed by atoms with Crippen molar-refractivity contribution in [2.24, 2.45) is 5.73 Å². The Morgan fingerprint density at radius 1 is 1.08 bits per heavy atom. The second-order valence-corrected chi connectivity index (χ2v) is 10.2. The van der Waals surface area contributed by atoms with Gasteiger partial charge in [0.2, 0.25) is 0 Å². The predicted octanol–water partition coefficient (Wildman–Crippen LogP) is 5.50. The molecule has 1 atom stereocenters. The number of Topliss-reactive ketones (excluding diaryl/α,β-unsaturated/α-hetero) is 1. The van der Waals surface area contributed by atoms with Crippen molar-refractivity contribution in [3.63, 3.8) is 0 Å². The molecule has 1 saturated carbocycles. The lowest BCUT2D eigenvalue weighted by molar-refractivity contribution is 0.0396. The van der Waals surface area contributed by atoms with E-state index in [-0.39, 0.29) is 30.5 Å². The molecule has 7 heteroatoms. The van der Waals surface area contributed by atoms with Gasteiger partial charge >= 0.3 is 0 Å². The number of carbonyl (C=O) groups excluding carboxylic acids is 1. The van der Waals surface area contributed by atoms with Gasteiger partial charge in [-0.3, -0.25) is 4.79 Å². The Morgan fingerprint density at radius 2 is 1.78 bits per heavy atom. The van der Waals surface area contributed by atoms with E-state index in [0.717, 1.165) is 18.4 Å². The van der Waals surface area contributed by atoms with Crippen LogP contribution < -0.4 is 15.2 Å². The summed E-state index contributed by atoms with van der Waals surface area (Å²) in [6.45, 7) is 5.36. The highest BCUT2D eigenvalue weighted by Gasteiger charge is 2.29. The number of ether oxygens (including phenoxy) is 2. The predicted molar refractivity (Wildman–Crippen MR) is 137 cm³/mol. The van der Waals surface area contributed by atoms with Crippen molar-refractivity contribution >= 4 is 5.78 Å². The van der Waals surface area contributed by atoms with E-state index in [0.29, 0.717) is 34.0 Å². The Morgan fingerprint density at radius 3 is 2.39 bits per heavy atom. The summed E-state index contributed by atoms with van der Waals surface area (Å²) in [5, 5.41) is 11.4. The quantitative estimate of drug-likeness (QED) is 0.363. The topological polar surface area (TPSA) is 94.7 Å². The van der Waals surface area contributed by atoms with Crippen LogP contribution in [0.5, 0.6) is 11.5 Å². The van der Waals surface area contributed by atoms with Crippen molar-refractivity contribution < 1.29 is 23.8 Å². The van der Waals surface area contributed by atoms with Gasteiger partial charge in [-0.05, 0) is 100 Å². The Hall–Kier alpha value is -3.29. The third-order valence-electron chi connectivity index (χ3n) is 6.40. The maximum atomic E-state index is 13.5. The molecule has 0 amide bonds. The zero-order valence-electron chi connectivity index (χ0n) is 21.2. The zero-order chi connectivity index (χ0) is 26.1. The molecule has 3 aromatic rings. The second-order valence-electron chi connectivity index (χ2n) is 10.2. The Labute approximate surface area is 211 Å². The molecule has 36 heavy (non-hydrogen) atoms. The van der Waals surface area contributed by atoms with Crippen LogP contribution in [-0.2, 0) is 11.1 Å². The lowest BCUT2D eigenvalue weighted by Crippen LogP contribution is -2.31. The number of nitrogens with zero attached hydrogens (tertiary/aromatic N) is 1. The molecule has 190 valence electrons. The third kappa shape index (κ3) is 6.09. The molecule has 1 heterocycles. The molecule has 1 aliphatic rings. The molecule has 0 spiro atoms. The van der Waals surface area contributed by atoms with E-state index in [1.54, 1.807) is 50.4 Å². The number of methoxy groups -OCH3 is 1. The fourth-order valence-corrected chi connectivity index (χ4v) is 3.88. The third-order valence-corrected chi connectivity index (χ3v) is 6.40. The largest absolute Gasteiger partial charge is 0.493 e. The van der Waals surface area contributed by atoms with Crippen molar-refractivity contribution in [3.05, 3.63) is 77.2 Å². The summed E-state index contributed by atoms with van der Waals surface area (Å²) in [6.07, 6.45) is 2.52. The normalized spacial score (nSPS) is 15.3. The average molecular weight is 493 g/mol. The minimum absolute atomic E-state index is 0.1000. The summed E-state index contributed by atoms with van der Waals surface area (Å²) < 4.78 is 24.7. The molecule has 0 aliphatic heterocycles. The van der Waals surface area contributed by atoms with Crippen molar-refractivity contribution in [3.8, 4) is 22.8 Å². The first-order chi connectivity index (χ1) is 17.0. The molecule has 1 aliphatic carbocycles. The molecule has 1 unspecified atom stereocenters. The first-order valence-electron chi connectivity index (χ1n) is 12.1. The number of rotatable bonds is 10. The second kappa shape index (κ2) is 9.99. The summed E-state index contributed by atoms with van der Waals surface area (Å²) in [6, 6.07) is 14.8. The molecular weight excluding hydrogens is 459 g/mol. The number of hydrogen-bond acceptors (Lipinski definition) is 6. The molecule has 4 rings (SSSR count). The summed E-state index contributed by atoms with van der Waals surface area (Å²) in [4.78, 5) is 17.7. The van der Waals surface area contributed by atoms with Crippen LogP contribution in [0, 0.1) is 5.82 Å². The van der Waals surface area contributed by atoms with Crippen LogP contribution in [0.2, 0.25) is 0 Å². The highest BCUT2D eigenvalue weighted by atomic mass is 19.1. The number of aromatic nitrogens is 1. The first kappa shape index (κ1) is 25.8. The average Bonchev–Trinajstić information content (AvgIpc) is 3.66. The molecule has 0 radical (unpaired) electrons. The van der Waals surface area contributed by atoms with Crippen LogP contribution in [0.1, 0.15) is 68.1 Å². The molecule has 3 N–H and O–H groups in total. The number of pyridine rings is 1. The number of halogens is 1. The van der Waals surface area contributed by atoms with E-state index in [1.165, 1.54) is 12.1 Å². The Balaban J connectivity index is 1.56. The number of hydrogen-bond donors (Lipinski definition) is 2. The van der Waals surface area contributed by atoms with Crippen LogP contribution >= 0.6 is 0 Å². The summed E-state index contributed by atoms with van der Waals surface area (Å²) >= 11 is 0. The van der Waals surface area contributed by atoms with Crippen molar-refractivity contribution in [1.82, 2.24) is 4.98 Å². The summed E-state index contributed by atoms with van der Waals surface area (Å²) in [5.74, 6) is 0.675. The van der Waals surface area contributed by atoms with E-state index >= 15 is 0 Å². The van der Waals surface area contributed by atoms with E-state index in [9.17, 15) is 14.3 Å². The molecule has 6 nitrogen and oxygen atoms in total. The van der Waals surface area contributed by atoms with Gasteiger partial charge in [0.1, 0.15) is 11.4 Å². The van der Waals surface area contributed by atoms with Gasteiger partial charge in [-0.15, -0.1) is 0 Å². The summed E-state index contributed by atoms with van der Waals surface area (Å²) in [5.41, 5.74) is 7.21. The summed E-state index contributed by atoms with van der Waals surface area (Å²) in [7, 11) is 1.55. The van der Waals surface area contributed by atoms with E-state index in [2.05, 4.69) is 4.98 Å². The molecular formula is C29H33FN2O4. The van der Waals surface area contributed by atoms with Crippen LogP contribution in [-0.4, -0.2) is 29.1 Å². The lowest BCUT2D eigenvalue weighted by Gasteiger charge is -2.27. The van der Waals surface area contributed by atoms with Crippen molar-refractivity contribution in [1.29, 1.82) is 0 Å². The van der Waals surface area contributed by atoms with Crippen LogP contribution in [0.25, 0.3) is 11.3 Å². The number of aliphatic hydroxyl groups is 1. The SMILES string of the molecule is COc1cc(C(=O)CCC(C)(O)c2cc(C(C)(C)N)cc(-c3ccc(F)cc3)n2)ccc1OC1CC1. The van der Waals surface area contributed by atoms with Gasteiger partial charge in [0.25, 0.3) is 0 Å². The molecule has 1 fully saturated rings. The first-order valence-corrected chi connectivity index (χ1v) is 12.1. The Bertz CT molecular complexity index is 1250. The lowest BCUT2D eigenvalue weighted by atomic mass is 9.88. The van der Waals surface area contributed by atoms with Crippen LogP contribution in [0.4, 0.5) is 4.39 Å². The van der Waals surface area contributed by atoms with Gasteiger partial charge < -0.3 is 20.3 Å². The molecule has 2 aromatic carbocycles. The van der Waals surface area contributed by atoms with Crippen LogP contribution in [0.3, 0.4) is 0 Å². The highest BCUT2D eigenvalue weighted by molar-refractivity contribution is 5.96. The highest BCUT2D eigenvalue weighted by Crippen LogP contribution is 2.35. The number of nitrogens with two attached hydrogens (primary N) is 1. The smallest absolute Gasteiger partial charge is 0.163 e. The van der Waals surface area contributed by atoms with Gasteiger partial charge in [0.15, 0.2) is 17.3 Å².